The summed E-state index contributed by atoms with van der Waals surface area (Å²) in [6, 6.07) is -0.892. The fourth-order valence-corrected chi connectivity index (χ4v) is 1.64. The van der Waals surface area contributed by atoms with Crippen molar-refractivity contribution in [3.63, 3.8) is 0 Å². The Hall–Kier alpha value is -1.63. The molecular weight excluding hydrogens is 240 g/mol. The third kappa shape index (κ3) is 6.85. The van der Waals surface area contributed by atoms with Gasteiger partial charge in [0.2, 0.25) is 5.91 Å². The summed E-state index contributed by atoms with van der Waals surface area (Å²) in [6.07, 6.45) is 0.109. The van der Waals surface area contributed by atoms with E-state index in [1.807, 2.05) is 13.8 Å². The summed E-state index contributed by atoms with van der Waals surface area (Å²) in [6.45, 7) is 3.45. The summed E-state index contributed by atoms with van der Waals surface area (Å²) in [5, 5.41) is 17.7. The first-order chi connectivity index (χ1) is 8.23. The van der Waals surface area contributed by atoms with Crippen LogP contribution in [0.2, 0.25) is 0 Å². The van der Waals surface area contributed by atoms with E-state index in [1.54, 1.807) is 0 Å². The number of nitrogens with zero attached hydrogens (tertiary/aromatic N) is 1. The zero-order valence-electron chi connectivity index (χ0n) is 10.6. The first-order valence-corrected chi connectivity index (χ1v) is 5.71. The predicted octanol–water partition coefficient (Wildman–Crippen LogP) is -0.252. The lowest BCUT2D eigenvalue weighted by Crippen LogP contribution is -2.47. The van der Waals surface area contributed by atoms with Crippen LogP contribution in [0, 0.1) is 5.92 Å². The van der Waals surface area contributed by atoms with E-state index in [-0.39, 0.29) is 25.4 Å². The van der Waals surface area contributed by atoms with Gasteiger partial charge in [0.25, 0.3) is 0 Å². The molecule has 0 bridgehead atoms. The highest BCUT2D eigenvalue weighted by Gasteiger charge is 2.27. The molecule has 1 amide bonds. The van der Waals surface area contributed by atoms with Gasteiger partial charge in [0.15, 0.2) is 0 Å². The molecule has 0 aliphatic heterocycles. The van der Waals surface area contributed by atoms with Gasteiger partial charge in [0.1, 0.15) is 6.04 Å². The maximum absolute atomic E-state index is 11.2. The van der Waals surface area contributed by atoms with E-state index < -0.39 is 23.9 Å². The molecule has 0 radical (unpaired) electrons. The Kier molecular flexibility index (Phi) is 6.96. The number of aliphatic carboxylic acids is 2. The van der Waals surface area contributed by atoms with Crippen LogP contribution >= 0.6 is 0 Å². The van der Waals surface area contributed by atoms with Gasteiger partial charge < -0.3 is 15.9 Å². The Morgan fingerprint density at radius 3 is 2.11 bits per heavy atom. The topological polar surface area (TPSA) is 121 Å². The number of carboxylic acids is 2. The number of carbonyl (C=O) groups excluding carboxylic acids is 1. The van der Waals surface area contributed by atoms with E-state index in [0.717, 1.165) is 0 Å². The zero-order chi connectivity index (χ0) is 14.3. The molecule has 0 aliphatic rings. The fourth-order valence-electron chi connectivity index (χ4n) is 1.64. The predicted molar refractivity (Wildman–Crippen MR) is 63.9 cm³/mol. The molecule has 4 N–H and O–H groups in total. The number of amides is 1. The highest BCUT2D eigenvalue weighted by molar-refractivity contribution is 5.78. The van der Waals surface area contributed by atoms with Crippen LogP contribution in [0.1, 0.15) is 26.7 Å². The van der Waals surface area contributed by atoms with Gasteiger partial charge in [-0.1, -0.05) is 13.8 Å². The Bertz CT molecular complexity index is 317. The van der Waals surface area contributed by atoms with E-state index in [0.29, 0.717) is 6.42 Å². The Morgan fingerprint density at radius 1 is 1.22 bits per heavy atom. The first kappa shape index (κ1) is 16.4. The standard InChI is InChI=1S/C11H20N2O5/c1-7(2)5-8(11(17)18)13(6-9(12)14)4-3-10(15)16/h7-8H,3-6H2,1-2H3,(H2,12,14)(H,15,16)(H,17,18). The molecule has 0 aliphatic carbocycles. The summed E-state index contributed by atoms with van der Waals surface area (Å²) in [5.74, 6) is -2.67. The van der Waals surface area contributed by atoms with Crippen molar-refractivity contribution in [3.05, 3.63) is 0 Å². The molecule has 1 unspecified atom stereocenters. The average Bonchev–Trinajstić information content (AvgIpc) is 2.19. The van der Waals surface area contributed by atoms with Crippen molar-refractivity contribution in [2.45, 2.75) is 32.7 Å². The summed E-state index contributed by atoms with van der Waals surface area (Å²) in [4.78, 5) is 33.9. The van der Waals surface area contributed by atoms with Crippen LogP contribution in [0.3, 0.4) is 0 Å². The fraction of sp³-hybridized carbons (Fsp3) is 0.727. The van der Waals surface area contributed by atoms with Crippen LogP contribution < -0.4 is 5.73 Å². The molecule has 18 heavy (non-hydrogen) atoms. The van der Waals surface area contributed by atoms with Crippen LogP contribution in [-0.2, 0) is 14.4 Å². The number of nitrogens with two attached hydrogens (primary N) is 1. The van der Waals surface area contributed by atoms with Crippen LogP contribution in [0.15, 0.2) is 0 Å². The summed E-state index contributed by atoms with van der Waals surface area (Å²) in [5.41, 5.74) is 5.05. The highest BCUT2D eigenvalue weighted by Crippen LogP contribution is 2.12. The first-order valence-electron chi connectivity index (χ1n) is 5.71. The van der Waals surface area contributed by atoms with E-state index in [4.69, 9.17) is 15.9 Å². The normalized spacial score (nSPS) is 12.7. The minimum absolute atomic E-state index is 0.0119. The number of hydrogen-bond acceptors (Lipinski definition) is 4. The van der Waals surface area contributed by atoms with Gasteiger partial charge in [0, 0.05) is 6.54 Å². The van der Waals surface area contributed by atoms with Crippen LogP contribution in [0.5, 0.6) is 0 Å². The van der Waals surface area contributed by atoms with Crippen molar-refractivity contribution in [1.29, 1.82) is 0 Å². The van der Waals surface area contributed by atoms with Crippen molar-refractivity contribution >= 4 is 17.8 Å². The van der Waals surface area contributed by atoms with E-state index in [2.05, 4.69) is 0 Å². The lowest BCUT2D eigenvalue weighted by molar-refractivity contribution is -0.146. The molecule has 0 aromatic carbocycles. The molecule has 0 spiro atoms. The number of rotatable bonds is 9. The second-order valence-electron chi connectivity index (χ2n) is 4.56. The van der Waals surface area contributed by atoms with Crippen LogP contribution in [-0.4, -0.2) is 52.1 Å². The van der Waals surface area contributed by atoms with Gasteiger partial charge in [0.05, 0.1) is 13.0 Å². The molecule has 0 rings (SSSR count). The molecule has 0 saturated carbocycles. The molecule has 7 heteroatoms. The zero-order valence-corrected chi connectivity index (χ0v) is 10.6. The lowest BCUT2D eigenvalue weighted by Gasteiger charge is -2.28. The SMILES string of the molecule is CC(C)CC(C(=O)O)N(CCC(=O)O)CC(N)=O. The van der Waals surface area contributed by atoms with Gasteiger partial charge in [-0.25, -0.2) is 0 Å². The summed E-state index contributed by atoms with van der Waals surface area (Å²) in [7, 11) is 0. The molecular formula is C11H20N2O5. The molecule has 1 atom stereocenters. The van der Waals surface area contributed by atoms with Crippen molar-refractivity contribution in [3.8, 4) is 0 Å². The number of carbonyl (C=O) groups is 3. The summed E-state index contributed by atoms with van der Waals surface area (Å²) >= 11 is 0. The molecule has 0 fully saturated rings. The Morgan fingerprint density at radius 2 is 1.78 bits per heavy atom. The van der Waals surface area contributed by atoms with Gasteiger partial charge in [-0.3, -0.25) is 19.3 Å². The van der Waals surface area contributed by atoms with E-state index in [1.165, 1.54) is 4.90 Å². The minimum Gasteiger partial charge on any atom is -0.481 e. The van der Waals surface area contributed by atoms with Crippen molar-refractivity contribution in [2.75, 3.05) is 13.1 Å². The second-order valence-corrected chi connectivity index (χ2v) is 4.56. The van der Waals surface area contributed by atoms with Crippen LogP contribution in [0.4, 0.5) is 0 Å². The Balaban J connectivity index is 4.78. The number of primary amides is 1. The third-order valence-electron chi connectivity index (χ3n) is 2.39. The van der Waals surface area contributed by atoms with Crippen molar-refractivity contribution < 1.29 is 24.6 Å². The molecule has 0 aromatic heterocycles. The van der Waals surface area contributed by atoms with E-state index >= 15 is 0 Å². The lowest BCUT2D eigenvalue weighted by atomic mass is 10.0. The minimum atomic E-state index is -1.07. The molecule has 0 aromatic rings. The maximum atomic E-state index is 11.2. The largest absolute Gasteiger partial charge is 0.481 e. The number of carboxylic acid groups (broad SMARTS) is 2. The quantitative estimate of drug-likeness (QED) is 0.525. The van der Waals surface area contributed by atoms with Gasteiger partial charge in [-0.05, 0) is 12.3 Å². The van der Waals surface area contributed by atoms with Crippen LogP contribution in [0.25, 0.3) is 0 Å². The molecule has 104 valence electrons. The smallest absolute Gasteiger partial charge is 0.320 e. The Labute approximate surface area is 106 Å². The highest BCUT2D eigenvalue weighted by atomic mass is 16.4. The van der Waals surface area contributed by atoms with E-state index in [9.17, 15) is 14.4 Å². The molecule has 7 nitrogen and oxygen atoms in total. The third-order valence-corrected chi connectivity index (χ3v) is 2.39. The maximum Gasteiger partial charge on any atom is 0.320 e. The molecule has 0 saturated heterocycles. The summed E-state index contributed by atoms with van der Waals surface area (Å²) < 4.78 is 0. The second kappa shape index (κ2) is 7.65. The van der Waals surface area contributed by atoms with Crippen molar-refractivity contribution in [1.82, 2.24) is 4.90 Å². The van der Waals surface area contributed by atoms with Gasteiger partial charge in [-0.2, -0.15) is 0 Å². The van der Waals surface area contributed by atoms with Crippen molar-refractivity contribution in [2.24, 2.45) is 11.7 Å². The van der Waals surface area contributed by atoms with Gasteiger partial charge >= 0.3 is 11.9 Å². The average molecular weight is 260 g/mol. The molecule has 0 heterocycles. The monoisotopic (exact) mass is 260 g/mol. The number of hydrogen-bond donors (Lipinski definition) is 3. The van der Waals surface area contributed by atoms with Gasteiger partial charge in [-0.15, -0.1) is 0 Å².